The fourth-order valence-electron chi connectivity index (χ4n) is 2.29. The molecule has 0 aliphatic carbocycles. The lowest BCUT2D eigenvalue weighted by molar-refractivity contribution is 0.0995. The van der Waals surface area contributed by atoms with Crippen LogP contribution in [0.25, 0.3) is 10.9 Å². The average Bonchev–Trinajstić information content (AvgIpc) is 2.87. The number of halogens is 1. The van der Waals surface area contributed by atoms with E-state index in [0.29, 0.717) is 15.9 Å². The normalized spacial score (nSPS) is 11.7. The molecule has 0 saturated heterocycles. The molecule has 0 spiro atoms. The van der Waals surface area contributed by atoms with Crippen molar-refractivity contribution in [2.45, 2.75) is 4.90 Å². The Bertz CT molecular complexity index is 979. The number of hydrogen-bond acceptors (Lipinski definition) is 3. The van der Waals surface area contributed by atoms with Gasteiger partial charge in [0.1, 0.15) is 5.69 Å². The maximum atomic E-state index is 12.8. The molecule has 1 aromatic heterocycles. The number of carbonyl (C=O) groups excluding carboxylic acids is 1. The second-order valence-electron chi connectivity index (χ2n) is 4.68. The summed E-state index contributed by atoms with van der Waals surface area (Å²) in [5.74, 6) is -0.827. The molecule has 0 aliphatic rings. The molecule has 0 aliphatic heterocycles. The molecule has 5 nitrogen and oxygen atoms in total. The quantitative estimate of drug-likeness (QED) is 0.799. The van der Waals surface area contributed by atoms with Crippen molar-refractivity contribution >= 4 is 38.4 Å². The third kappa shape index (κ3) is 2.26. The van der Waals surface area contributed by atoms with E-state index in [9.17, 15) is 13.2 Å². The zero-order chi connectivity index (χ0) is 15.9. The Morgan fingerprint density at radius 2 is 1.73 bits per heavy atom. The zero-order valence-corrected chi connectivity index (χ0v) is 12.8. The van der Waals surface area contributed by atoms with Crippen LogP contribution in [0.1, 0.15) is 10.5 Å². The minimum Gasteiger partial charge on any atom is -0.364 e. The first-order chi connectivity index (χ1) is 10.4. The largest absolute Gasteiger partial charge is 0.364 e. The fraction of sp³-hybridized carbons (Fsp3) is 0. The standard InChI is InChI=1S/C15H11ClN2O3S/c16-11-6-7-13-10(8-11)9-14(15(17)19)18(13)22(20,21)12-4-2-1-3-5-12/h1-9H,(H2,17,19). The lowest BCUT2D eigenvalue weighted by atomic mass is 10.2. The Labute approximate surface area is 132 Å². The van der Waals surface area contributed by atoms with Crippen molar-refractivity contribution in [3.63, 3.8) is 0 Å². The summed E-state index contributed by atoms with van der Waals surface area (Å²) in [6.07, 6.45) is 0. The smallest absolute Gasteiger partial charge is 0.268 e. The second-order valence-corrected chi connectivity index (χ2v) is 6.90. The molecule has 7 heteroatoms. The number of benzene rings is 2. The van der Waals surface area contributed by atoms with Gasteiger partial charge in [-0.2, -0.15) is 0 Å². The van der Waals surface area contributed by atoms with Gasteiger partial charge in [-0.1, -0.05) is 29.8 Å². The van der Waals surface area contributed by atoms with Crippen LogP contribution in [0, 0.1) is 0 Å². The lowest BCUT2D eigenvalue weighted by Gasteiger charge is -2.10. The molecule has 0 fully saturated rings. The average molecular weight is 335 g/mol. The summed E-state index contributed by atoms with van der Waals surface area (Å²) >= 11 is 5.92. The first-order valence-corrected chi connectivity index (χ1v) is 8.14. The van der Waals surface area contributed by atoms with Crippen LogP contribution in [0.3, 0.4) is 0 Å². The monoisotopic (exact) mass is 334 g/mol. The third-order valence-electron chi connectivity index (χ3n) is 3.25. The summed E-state index contributed by atoms with van der Waals surface area (Å²) in [7, 11) is -3.94. The second kappa shape index (κ2) is 5.15. The van der Waals surface area contributed by atoms with Crippen molar-refractivity contribution in [2.75, 3.05) is 0 Å². The van der Waals surface area contributed by atoms with Gasteiger partial charge in [0.15, 0.2) is 0 Å². The Morgan fingerprint density at radius 1 is 1.05 bits per heavy atom. The number of nitrogens with two attached hydrogens (primary N) is 1. The van der Waals surface area contributed by atoms with Gasteiger partial charge in [-0.3, -0.25) is 4.79 Å². The Hall–Kier alpha value is -2.31. The molecule has 2 aromatic carbocycles. The highest BCUT2D eigenvalue weighted by molar-refractivity contribution is 7.90. The minimum atomic E-state index is -3.94. The van der Waals surface area contributed by atoms with Crippen LogP contribution in [0.15, 0.2) is 59.5 Å². The molecule has 112 valence electrons. The number of rotatable bonds is 3. The number of aromatic nitrogens is 1. The van der Waals surface area contributed by atoms with Crippen LogP contribution in [-0.2, 0) is 10.0 Å². The summed E-state index contributed by atoms with van der Waals surface area (Å²) in [6.45, 7) is 0. The number of primary amides is 1. The number of amides is 1. The van der Waals surface area contributed by atoms with E-state index in [1.165, 1.54) is 18.2 Å². The fourth-order valence-corrected chi connectivity index (χ4v) is 4.01. The van der Waals surface area contributed by atoms with E-state index in [1.54, 1.807) is 36.4 Å². The van der Waals surface area contributed by atoms with Crippen molar-refractivity contribution in [1.82, 2.24) is 3.97 Å². The maximum Gasteiger partial charge on any atom is 0.268 e. The van der Waals surface area contributed by atoms with Gasteiger partial charge < -0.3 is 5.73 Å². The molecule has 1 amide bonds. The van der Waals surface area contributed by atoms with E-state index >= 15 is 0 Å². The molecule has 0 bridgehead atoms. The molecule has 0 saturated carbocycles. The van der Waals surface area contributed by atoms with Gasteiger partial charge >= 0.3 is 0 Å². The van der Waals surface area contributed by atoms with Gasteiger partial charge in [0.25, 0.3) is 15.9 Å². The molecular weight excluding hydrogens is 324 g/mol. The predicted octanol–water partition coefficient (Wildman–Crippen LogP) is 2.63. The molecule has 0 unspecified atom stereocenters. The molecule has 1 heterocycles. The van der Waals surface area contributed by atoms with E-state index in [1.807, 2.05) is 0 Å². The Morgan fingerprint density at radius 3 is 2.36 bits per heavy atom. The van der Waals surface area contributed by atoms with E-state index in [-0.39, 0.29) is 10.6 Å². The number of nitrogens with zero attached hydrogens (tertiary/aromatic N) is 1. The first kappa shape index (κ1) is 14.6. The number of fused-ring (bicyclic) bond motifs is 1. The molecule has 22 heavy (non-hydrogen) atoms. The van der Waals surface area contributed by atoms with Crippen LogP contribution in [0.2, 0.25) is 5.02 Å². The van der Waals surface area contributed by atoms with Crippen molar-refractivity contribution in [1.29, 1.82) is 0 Å². The Balaban J connectivity index is 2.39. The molecular formula is C15H11ClN2O3S. The highest BCUT2D eigenvalue weighted by Crippen LogP contribution is 2.27. The van der Waals surface area contributed by atoms with Crippen LogP contribution in [-0.4, -0.2) is 18.3 Å². The molecule has 3 rings (SSSR count). The SMILES string of the molecule is NC(=O)c1cc2cc(Cl)ccc2n1S(=O)(=O)c1ccccc1. The van der Waals surface area contributed by atoms with E-state index in [0.717, 1.165) is 3.97 Å². The van der Waals surface area contributed by atoms with Crippen LogP contribution >= 0.6 is 11.6 Å². The van der Waals surface area contributed by atoms with Crippen molar-refractivity contribution in [2.24, 2.45) is 5.73 Å². The van der Waals surface area contributed by atoms with E-state index in [4.69, 9.17) is 17.3 Å². The van der Waals surface area contributed by atoms with Gasteiger partial charge in [-0.25, -0.2) is 12.4 Å². The molecule has 2 N–H and O–H groups in total. The minimum absolute atomic E-state index is 0.0740. The lowest BCUT2D eigenvalue weighted by Crippen LogP contribution is -2.22. The van der Waals surface area contributed by atoms with E-state index < -0.39 is 15.9 Å². The number of carbonyl (C=O) groups is 1. The van der Waals surface area contributed by atoms with Gasteiger partial charge in [-0.05, 0) is 36.4 Å². The summed E-state index contributed by atoms with van der Waals surface area (Å²) in [6, 6.07) is 14.0. The van der Waals surface area contributed by atoms with Gasteiger partial charge in [-0.15, -0.1) is 0 Å². The summed E-state index contributed by atoms with van der Waals surface area (Å²) in [5.41, 5.74) is 5.57. The molecule has 3 aromatic rings. The zero-order valence-electron chi connectivity index (χ0n) is 11.2. The summed E-state index contributed by atoms with van der Waals surface area (Å²) in [5, 5.41) is 0.971. The van der Waals surface area contributed by atoms with Gasteiger partial charge in [0, 0.05) is 10.4 Å². The highest BCUT2D eigenvalue weighted by atomic mass is 35.5. The van der Waals surface area contributed by atoms with Crippen LogP contribution in [0.4, 0.5) is 0 Å². The number of hydrogen-bond donors (Lipinski definition) is 1. The van der Waals surface area contributed by atoms with Crippen molar-refractivity contribution < 1.29 is 13.2 Å². The highest BCUT2D eigenvalue weighted by Gasteiger charge is 2.25. The van der Waals surface area contributed by atoms with Gasteiger partial charge in [0.05, 0.1) is 10.4 Å². The summed E-state index contributed by atoms with van der Waals surface area (Å²) in [4.78, 5) is 11.7. The van der Waals surface area contributed by atoms with Gasteiger partial charge in [0.2, 0.25) is 0 Å². The maximum absolute atomic E-state index is 12.8. The van der Waals surface area contributed by atoms with E-state index in [2.05, 4.69) is 0 Å². The first-order valence-electron chi connectivity index (χ1n) is 6.33. The van der Waals surface area contributed by atoms with Crippen LogP contribution in [0.5, 0.6) is 0 Å². The predicted molar refractivity (Wildman–Crippen MR) is 84.5 cm³/mol. The topological polar surface area (TPSA) is 82.2 Å². The summed E-state index contributed by atoms with van der Waals surface area (Å²) < 4.78 is 26.6. The van der Waals surface area contributed by atoms with Crippen LogP contribution < -0.4 is 5.73 Å². The molecule has 0 atom stereocenters. The van der Waals surface area contributed by atoms with Crippen molar-refractivity contribution in [3.8, 4) is 0 Å². The third-order valence-corrected chi connectivity index (χ3v) is 5.23. The molecule has 0 radical (unpaired) electrons. The van der Waals surface area contributed by atoms with Crippen molar-refractivity contribution in [3.05, 3.63) is 65.3 Å². The Kier molecular flexibility index (Phi) is 3.42.